The average molecular weight is 775 g/mol. The van der Waals surface area contributed by atoms with Crippen LogP contribution >= 0.6 is 0 Å². The van der Waals surface area contributed by atoms with Crippen LogP contribution in [0, 0.1) is 11.8 Å². The summed E-state index contributed by atoms with van der Waals surface area (Å²) in [7, 11) is 3.02. The zero-order chi connectivity index (χ0) is 40.0. The molecule has 6 atom stereocenters. The number of aromatic nitrogens is 2. The molecule has 3 aromatic carbocycles. The fraction of sp³-hybridized carbons (Fsp3) is 0.489. The fourth-order valence-corrected chi connectivity index (χ4v) is 9.52. The van der Waals surface area contributed by atoms with Crippen molar-refractivity contribution in [1.82, 2.24) is 25.1 Å². The molecular formula is C45H54N6O6. The maximum absolute atomic E-state index is 13.5. The first kappa shape index (κ1) is 38.6. The third-order valence-electron chi connectivity index (χ3n) is 12.5. The number of fused-ring (bicyclic) bond motifs is 6. The molecule has 2 N–H and O–H groups in total. The number of H-pyrrole nitrogens is 1. The summed E-state index contributed by atoms with van der Waals surface area (Å²) in [5.41, 5.74) is 8.14. The van der Waals surface area contributed by atoms with Gasteiger partial charge in [-0.1, -0.05) is 38.1 Å². The van der Waals surface area contributed by atoms with E-state index in [0.717, 1.165) is 112 Å². The number of benzene rings is 3. The van der Waals surface area contributed by atoms with Crippen molar-refractivity contribution in [3.8, 4) is 16.9 Å². The number of rotatable bonds is 10. The maximum atomic E-state index is 13.5. The molecule has 4 aliphatic heterocycles. The minimum absolute atomic E-state index is 0.000369. The van der Waals surface area contributed by atoms with Gasteiger partial charge in [-0.15, -0.1) is 0 Å². The van der Waals surface area contributed by atoms with E-state index in [1.165, 1.54) is 7.11 Å². The van der Waals surface area contributed by atoms with Gasteiger partial charge in [-0.3, -0.25) is 14.6 Å². The number of hydrogen-bond donors (Lipinski definition) is 2. The first-order valence-corrected chi connectivity index (χ1v) is 20.6. The van der Waals surface area contributed by atoms with Gasteiger partial charge in [-0.05, 0) is 93.2 Å². The topological polar surface area (TPSA) is 138 Å². The van der Waals surface area contributed by atoms with Gasteiger partial charge in [0.25, 0.3) is 0 Å². The Morgan fingerprint density at radius 3 is 2.67 bits per heavy atom. The summed E-state index contributed by atoms with van der Waals surface area (Å²) < 4.78 is 16.7. The minimum Gasteiger partial charge on any atom is -0.488 e. The van der Waals surface area contributed by atoms with Gasteiger partial charge in [0.2, 0.25) is 11.8 Å². The van der Waals surface area contributed by atoms with Crippen LogP contribution in [0.3, 0.4) is 0 Å². The molecule has 2 fully saturated rings. The van der Waals surface area contributed by atoms with E-state index in [-0.39, 0.29) is 29.9 Å². The van der Waals surface area contributed by atoms with Gasteiger partial charge >= 0.3 is 6.09 Å². The number of hydrogen-bond acceptors (Lipinski definition) is 8. The van der Waals surface area contributed by atoms with Crippen LogP contribution in [0.15, 0.2) is 53.5 Å². The maximum Gasteiger partial charge on any atom is 0.407 e. The number of allylic oxidation sites excluding steroid dienone is 1. The summed E-state index contributed by atoms with van der Waals surface area (Å²) in [5.74, 6) is 2.19. The van der Waals surface area contributed by atoms with Crippen molar-refractivity contribution in [2.24, 2.45) is 16.8 Å². The second kappa shape index (κ2) is 16.0. The Morgan fingerprint density at radius 2 is 1.89 bits per heavy atom. The standard InChI is InChI=1S/C45H54N6O6/c1-7-9-40(52)50-22-27(23-55-5)18-38(50)41-28(8-2)12-15-35(47-41)30-11-14-32-31(19-30)24-57-39-21-33-29(20-34(32)39)13-16-36-42(33)49-43(48-36)37-17-10-25(3)51(37)44(53)26(4)46-45(54)56-6/h11,13-16,19-21,25-28,37-38H,7-10,12,17-18,22-24H2,1-6H3,(H,46,54)(H,48,49). The molecule has 57 heavy (non-hydrogen) atoms. The van der Waals surface area contributed by atoms with E-state index in [1.54, 1.807) is 14.0 Å². The number of methoxy groups -OCH3 is 2. The summed E-state index contributed by atoms with van der Waals surface area (Å²) in [4.78, 5) is 56.6. The lowest BCUT2D eigenvalue weighted by atomic mass is 9.86. The van der Waals surface area contributed by atoms with Crippen molar-refractivity contribution in [3.05, 3.63) is 65.5 Å². The molecule has 6 unspecified atom stereocenters. The summed E-state index contributed by atoms with van der Waals surface area (Å²) in [5, 5.41) is 4.64. The molecule has 12 nitrogen and oxygen atoms in total. The number of aromatic amines is 1. The Bertz CT molecular complexity index is 2280. The predicted molar refractivity (Wildman–Crippen MR) is 221 cm³/mol. The quantitative estimate of drug-likeness (QED) is 0.167. The Balaban J connectivity index is 1.07. The summed E-state index contributed by atoms with van der Waals surface area (Å²) in [6.07, 6.45) is 7.37. The molecular weight excluding hydrogens is 721 g/mol. The van der Waals surface area contributed by atoms with Crippen LogP contribution in [-0.2, 0) is 25.7 Å². The smallest absolute Gasteiger partial charge is 0.407 e. The number of ether oxygens (including phenoxy) is 3. The van der Waals surface area contributed by atoms with Crippen LogP contribution in [0.25, 0.3) is 38.6 Å². The molecule has 1 aromatic heterocycles. The van der Waals surface area contributed by atoms with Crippen molar-refractivity contribution in [1.29, 1.82) is 0 Å². The van der Waals surface area contributed by atoms with Crippen LogP contribution in [0.5, 0.6) is 5.75 Å². The molecule has 2 saturated heterocycles. The molecule has 4 aliphatic rings. The third kappa shape index (κ3) is 7.17. The molecule has 0 aliphatic carbocycles. The molecule has 5 heterocycles. The molecule has 0 saturated carbocycles. The van der Waals surface area contributed by atoms with E-state index >= 15 is 0 Å². The zero-order valence-electron chi connectivity index (χ0n) is 33.9. The molecule has 0 bridgehead atoms. The Kier molecular flexibility index (Phi) is 10.8. The van der Waals surface area contributed by atoms with Crippen molar-refractivity contribution >= 4 is 51.1 Å². The lowest BCUT2D eigenvalue weighted by Crippen LogP contribution is -2.48. The summed E-state index contributed by atoms with van der Waals surface area (Å²) in [6, 6.07) is 14.0. The van der Waals surface area contributed by atoms with E-state index in [9.17, 15) is 14.4 Å². The van der Waals surface area contributed by atoms with Gasteiger partial charge in [0, 0.05) is 60.2 Å². The molecule has 300 valence electrons. The highest BCUT2D eigenvalue weighted by molar-refractivity contribution is 6.07. The second-order valence-corrected chi connectivity index (χ2v) is 16.2. The third-order valence-corrected chi connectivity index (χ3v) is 12.5. The highest BCUT2D eigenvalue weighted by Crippen LogP contribution is 2.44. The Hall–Kier alpha value is -5.23. The predicted octanol–water partition coefficient (Wildman–Crippen LogP) is 7.95. The van der Waals surface area contributed by atoms with Crippen LogP contribution in [0.2, 0.25) is 0 Å². The summed E-state index contributed by atoms with van der Waals surface area (Å²) in [6.45, 7) is 9.78. The number of imidazole rings is 1. The van der Waals surface area contributed by atoms with Gasteiger partial charge in [0.05, 0.1) is 42.5 Å². The molecule has 4 aromatic rings. The first-order chi connectivity index (χ1) is 27.6. The van der Waals surface area contributed by atoms with Gasteiger partial charge in [-0.2, -0.15) is 0 Å². The number of alkyl carbamates (subject to hydrolysis) is 1. The van der Waals surface area contributed by atoms with Crippen LogP contribution in [-0.4, -0.2) is 88.9 Å². The molecule has 8 rings (SSSR count). The number of carbonyl (C=O) groups excluding carboxylic acids is 3. The van der Waals surface area contributed by atoms with E-state index in [4.69, 9.17) is 24.2 Å². The lowest BCUT2D eigenvalue weighted by Gasteiger charge is -2.32. The van der Waals surface area contributed by atoms with E-state index in [1.807, 2.05) is 17.9 Å². The number of nitrogens with zero attached hydrogens (tertiary/aromatic N) is 4. The van der Waals surface area contributed by atoms with E-state index in [2.05, 4.69) is 71.5 Å². The van der Waals surface area contributed by atoms with Crippen molar-refractivity contribution in [3.63, 3.8) is 0 Å². The molecule has 3 amide bonds. The van der Waals surface area contributed by atoms with Gasteiger partial charge < -0.3 is 34.3 Å². The second-order valence-electron chi connectivity index (χ2n) is 16.2. The van der Waals surface area contributed by atoms with Crippen LogP contribution in [0.4, 0.5) is 4.79 Å². The highest BCUT2D eigenvalue weighted by atomic mass is 16.5. The normalized spacial score (nSPS) is 23.4. The largest absolute Gasteiger partial charge is 0.488 e. The number of nitrogens with one attached hydrogen (secondary N) is 2. The average Bonchev–Trinajstić information content (AvgIpc) is 3.96. The van der Waals surface area contributed by atoms with Gasteiger partial charge in [0.15, 0.2) is 0 Å². The number of likely N-dealkylation sites (tertiary alicyclic amines) is 2. The SMILES string of the molecule is CCCC(=O)N1CC(COC)CC1C1=NC(c2ccc3c(c2)COc2cc4c(ccc5[nH]c(C6CCC(C)N6C(=O)C(C)NC(=O)OC)nc54)cc2-3)=CCC1CC. The molecule has 12 heteroatoms. The number of carbonyl (C=O) groups is 3. The minimum atomic E-state index is -0.731. The van der Waals surface area contributed by atoms with Crippen LogP contribution in [0.1, 0.15) is 95.6 Å². The van der Waals surface area contributed by atoms with Gasteiger partial charge in [0.1, 0.15) is 24.2 Å². The van der Waals surface area contributed by atoms with E-state index < -0.39 is 12.1 Å². The Labute approximate surface area is 334 Å². The Morgan fingerprint density at radius 1 is 1.05 bits per heavy atom. The summed E-state index contributed by atoms with van der Waals surface area (Å²) >= 11 is 0. The molecule has 0 radical (unpaired) electrons. The fourth-order valence-electron chi connectivity index (χ4n) is 9.52. The zero-order valence-corrected chi connectivity index (χ0v) is 33.9. The van der Waals surface area contributed by atoms with E-state index in [0.29, 0.717) is 31.5 Å². The lowest BCUT2D eigenvalue weighted by molar-refractivity contribution is -0.136. The van der Waals surface area contributed by atoms with Crippen molar-refractivity contribution < 1.29 is 28.6 Å². The molecule has 0 spiro atoms. The van der Waals surface area contributed by atoms with Gasteiger partial charge in [-0.25, -0.2) is 9.78 Å². The first-order valence-electron chi connectivity index (χ1n) is 20.6. The van der Waals surface area contributed by atoms with Crippen molar-refractivity contribution in [2.75, 3.05) is 27.4 Å². The highest BCUT2D eigenvalue weighted by Gasteiger charge is 2.41. The van der Waals surface area contributed by atoms with Crippen molar-refractivity contribution in [2.45, 2.75) is 103 Å². The van der Waals surface area contributed by atoms with Crippen LogP contribution < -0.4 is 10.1 Å². The monoisotopic (exact) mass is 774 g/mol. The number of aliphatic imine (C=N–C) groups is 1. The number of amides is 3.